The van der Waals surface area contributed by atoms with Crippen molar-refractivity contribution in [1.29, 1.82) is 0 Å². The number of hydrogen-bond acceptors (Lipinski definition) is 0. The van der Waals surface area contributed by atoms with Crippen LogP contribution in [0.25, 0.3) is 55.9 Å². The monoisotopic (exact) mass is 572 g/mol. The molecule has 0 spiro atoms. The van der Waals surface area contributed by atoms with E-state index in [0.717, 1.165) is 22.7 Å². The van der Waals surface area contributed by atoms with Gasteiger partial charge in [-0.05, 0) is 59.7 Å². The van der Waals surface area contributed by atoms with Crippen LogP contribution in [0.5, 0.6) is 0 Å². The summed E-state index contributed by atoms with van der Waals surface area (Å²) in [5.41, 5.74) is 11.7. The van der Waals surface area contributed by atoms with E-state index in [2.05, 4.69) is 200 Å². The molecular weight excluding hydrogens is 540 g/mol. The minimum Gasteiger partial charge on any atom is -0.232 e. The zero-order valence-electron chi connectivity index (χ0n) is 24.7. The fourth-order valence-corrected chi connectivity index (χ4v) is 6.09. The number of aryl methyl sites for hydroxylation is 2. The predicted molar refractivity (Wildman–Crippen MR) is 171 cm³/mol. The van der Waals surface area contributed by atoms with E-state index in [9.17, 15) is 0 Å². The molecular formula is C38H32N6+4. The molecule has 0 aliphatic rings. The summed E-state index contributed by atoms with van der Waals surface area (Å²) in [4.78, 5) is 0. The quantitative estimate of drug-likeness (QED) is 0.246. The van der Waals surface area contributed by atoms with E-state index in [1.165, 1.54) is 33.2 Å². The molecule has 0 aliphatic heterocycles. The van der Waals surface area contributed by atoms with Crippen molar-refractivity contribution in [1.82, 2.24) is 9.13 Å². The highest BCUT2D eigenvalue weighted by Gasteiger charge is 2.17. The van der Waals surface area contributed by atoms with E-state index in [0.29, 0.717) is 0 Å². The smallest absolute Gasteiger partial charge is 0.232 e. The lowest BCUT2D eigenvalue weighted by atomic mass is 10.1. The lowest BCUT2D eigenvalue weighted by Gasteiger charge is -2.02. The average molecular weight is 573 g/mol. The predicted octanol–water partition coefficient (Wildman–Crippen LogP) is 5.44. The van der Waals surface area contributed by atoms with E-state index in [1.54, 1.807) is 0 Å². The maximum absolute atomic E-state index is 2.23. The average Bonchev–Trinajstić information content (AvgIpc) is 3.61. The molecule has 0 saturated carbocycles. The molecule has 0 unspecified atom stereocenters. The van der Waals surface area contributed by atoms with Crippen molar-refractivity contribution >= 4 is 22.1 Å². The Bertz CT molecular complexity index is 2090. The Labute approximate surface area is 255 Å². The first-order valence-corrected chi connectivity index (χ1v) is 14.8. The zero-order valence-corrected chi connectivity index (χ0v) is 24.7. The van der Waals surface area contributed by atoms with Crippen molar-refractivity contribution in [3.63, 3.8) is 0 Å². The molecule has 44 heavy (non-hydrogen) atoms. The second kappa shape index (κ2) is 10.4. The van der Waals surface area contributed by atoms with Crippen LogP contribution in [-0.4, -0.2) is 9.13 Å². The molecule has 0 bridgehead atoms. The highest BCUT2D eigenvalue weighted by atomic mass is 15.1. The number of para-hydroxylation sites is 4. The van der Waals surface area contributed by atoms with Gasteiger partial charge in [0.25, 0.3) is 0 Å². The zero-order chi connectivity index (χ0) is 29.6. The van der Waals surface area contributed by atoms with E-state index in [4.69, 9.17) is 0 Å². The van der Waals surface area contributed by atoms with Crippen LogP contribution in [-0.2, 0) is 14.1 Å². The minimum atomic E-state index is 1.12. The van der Waals surface area contributed by atoms with Crippen molar-refractivity contribution in [3.8, 4) is 33.9 Å². The summed E-state index contributed by atoms with van der Waals surface area (Å²) < 4.78 is 13.1. The number of hydrogen-bond donors (Lipinski definition) is 0. The fourth-order valence-electron chi connectivity index (χ4n) is 6.09. The van der Waals surface area contributed by atoms with Crippen LogP contribution in [0.2, 0.25) is 0 Å². The SMILES string of the molecule is C[n+]1cn(-c2ccc(-[n+]3ccc(-c4cc[n+](-c5ccc(-n6c[n+](C)c7ccccc76)cc5)cc4)cc3)cc2)c2ccccc21. The van der Waals surface area contributed by atoms with Gasteiger partial charge in [0.2, 0.25) is 24.0 Å². The third-order valence-electron chi connectivity index (χ3n) is 8.46. The molecule has 0 N–H and O–H groups in total. The van der Waals surface area contributed by atoms with E-state index < -0.39 is 0 Å². The van der Waals surface area contributed by atoms with E-state index in [-0.39, 0.29) is 0 Å². The summed E-state index contributed by atoms with van der Waals surface area (Å²) in [6.07, 6.45) is 12.8. The number of fused-ring (bicyclic) bond motifs is 2. The first kappa shape index (κ1) is 25.8. The Balaban J connectivity index is 0.993. The molecule has 0 amide bonds. The van der Waals surface area contributed by atoms with Crippen molar-refractivity contribution in [2.75, 3.05) is 0 Å². The van der Waals surface area contributed by atoms with Gasteiger partial charge >= 0.3 is 0 Å². The summed E-state index contributed by atoms with van der Waals surface area (Å²) in [5.74, 6) is 0. The fraction of sp³-hybridized carbons (Fsp3) is 0.0526. The van der Waals surface area contributed by atoms with Crippen molar-refractivity contribution in [3.05, 3.63) is 159 Å². The van der Waals surface area contributed by atoms with Crippen LogP contribution in [0.1, 0.15) is 0 Å². The first-order chi connectivity index (χ1) is 21.6. The largest absolute Gasteiger partial charge is 0.249 e. The molecule has 4 aromatic heterocycles. The van der Waals surface area contributed by atoms with Crippen LogP contribution in [0.15, 0.2) is 159 Å². The Morgan fingerprint density at radius 3 is 1.16 bits per heavy atom. The molecule has 4 aromatic carbocycles. The van der Waals surface area contributed by atoms with Crippen LogP contribution in [0.4, 0.5) is 0 Å². The van der Waals surface area contributed by atoms with Gasteiger partial charge in [0.1, 0.15) is 11.4 Å². The Morgan fingerprint density at radius 2 is 0.773 bits per heavy atom. The number of pyridine rings is 2. The maximum atomic E-state index is 2.23. The molecule has 8 rings (SSSR count). The van der Waals surface area contributed by atoms with Crippen molar-refractivity contribution < 1.29 is 18.3 Å². The molecule has 8 aromatic rings. The maximum Gasteiger partial charge on any atom is 0.249 e. The Kier molecular flexibility index (Phi) is 6.12. The number of aromatic nitrogens is 6. The third kappa shape index (κ3) is 4.44. The Hall–Kier alpha value is -5.88. The first-order valence-electron chi connectivity index (χ1n) is 14.8. The van der Waals surface area contributed by atoms with Gasteiger partial charge in [-0.25, -0.2) is 9.13 Å². The van der Waals surface area contributed by atoms with Crippen LogP contribution >= 0.6 is 0 Å². The molecule has 0 saturated heterocycles. The second-order valence-corrected chi connectivity index (χ2v) is 11.2. The minimum absolute atomic E-state index is 1.12. The molecule has 0 atom stereocenters. The van der Waals surface area contributed by atoms with E-state index >= 15 is 0 Å². The summed E-state index contributed by atoms with van der Waals surface area (Å²) in [6, 6.07) is 43.0. The van der Waals surface area contributed by atoms with Gasteiger partial charge in [-0.15, -0.1) is 0 Å². The van der Waals surface area contributed by atoms with Crippen LogP contribution < -0.4 is 18.3 Å². The molecule has 0 fully saturated rings. The highest BCUT2D eigenvalue weighted by molar-refractivity contribution is 5.75. The normalized spacial score (nSPS) is 11.4. The lowest BCUT2D eigenvalue weighted by molar-refractivity contribution is -0.645. The summed E-state index contributed by atoms with van der Waals surface area (Å²) in [6.45, 7) is 0. The highest BCUT2D eigenvalue weighted by Crippen LogP contribution is 2.20. The van der Waals surface area contributed by atoms with Crippen molar-refractivity contribution in [2.45, 2.75) is 0 Å². The van der Waals surface area contributed by atoms with Gasteiger partial charge in [-0.2, -0.15) is 18.3 Å². The summed E-state index contributed by atoms with van der Waals surface area (Å²) in [5, 5.41) is 0. The molecule has 0 radical (unpaired) electrons. The standard InChI is InChI=1S/C38H32N6/c1-39-27-43(37-9-5-3-7-35(37)39)33-15-11-31(12-16-33)41-23-19-29(20-24-41)30-21-25-42(26-22-30)32-13-17-34(18-14-32)44-28-40(2)36-8-4-6-10-38(36)44/h3-28H,1-2H3/q+4. The van der Waals surface area contributed by atoms with Gasteiger partial charge in [-0.1, -0.05) is 24.3 Å². The van der Waals surface area contributed by atoms with Crippen LogP contribution in [0.3, 0.4) is 0 Å². The van der Waals surface area contributed by atoms with Gasteiger partial charge in [-0.3, -0.25) is 0 Å². The molecule has 6 heteroatoms. The van der Waals surface area contributed by atoms with Gasteiger partial charge < -0.3 is 0 Å². The molecule has 6 nitrogen and oxygen atoms in total. The molecule has 4 heterocycles. The Morgan fingerprint density at radius 1 is 0.409 bits per heavy atom. The van der Waals surface area contributed by atoms with Gasteiger partial charge in [0.05, 0.1) is 14.1 Å². The number of imidazole rings is 2. The lowest BCUT2D eigenvalue weighted by Crippen LogP contribution is -2.29. The summed E-state index contributed by atoms with van der Waals surface area (Å²) in [7, 11) is 4.17. The van der Waals surface area contributed by atoms with E-state index in [1.807, 2.05) is 0 Å². The van der Waals surface area contributed by atoms with Gasteiger partial charge in [0.15, 0.2) is 46.9 Å². The number of rotatable bonds is 5. The van der Waals surface area contributed by atoms with Crippen molar-refractivity contribution in [2.24, 2.45) is 14.1 Å². The number of benzene rings is 4. The number of nitrogens with zero attached hydrogens (tertiary/aromatic N) is 6. The topological polar surface area (TPSA) is 25.4 Å². The van der Waals surface area contributed by atoms with Gasteiger partial charge in [0, 0.05) is 48.5 Å². The third-order valence-corrected chi connectivity index (χ3v) is 8.46. The van der Waals surface area contributed by atoms with Crippen LogP contribution in [0, 0.1) is 0 Å². The summed E-state index contributed by atoms with van der Waals surface area (Å²) >= 11 is 0. The molecule has 210 valence electrons. The molecule has 0 aliphatic carbocycles. The second-order valence-electron chi connectivity index (χ2n) is 11.2.